The van der Waals surface area contributed by atoms with E-state index in [0.29, 0.717) is 6.42 Å². The predicted molar refractivity (Wildman–Crippen MR) is 51.7 cm³/mol. The van der Waals surface area contributed by atoms with E-state index in [0.717, 1.165) is 11.3 Å². The van der Waals surface area contributed by atoms with Crippen molar-refractivity contribution in [3.05, 3.63) is 29.8 Å². The molecule has 0 aromatic heterocycles. The number of hydrogen-bond donors (Lipinski definition) is 0. The number of benzene rings is 1. The number of methoxy groups -OCH3 is 1. The molecule has 1 aromatic carbocycles. The molecule has 0 heterocycles. The monoisotopic (exact) mass is 177 g/mol. The van der Waals surface area contributed by atoms with E-state index >= 15 is 0 Å². The van der Waals surface area contributed by atoms with Gasteiger partial charge in [-0.1, -0.05) is 19.1 Å². The van der Waals surface area contributed by atoms with Gasteiger partial charge in [0, 0.05) is 6.42 Å². The number of rotatable bonds is 4. The summed E-state index contributed by atoms with van der Waals surface area (Å²) in [6.45, 7) is 2.01. The average molecular weight is 177 g/mol. The summed E-state index contributed by atoms with van der Waals surface area (Å²) in [5.41, 5.74) is 1.14. The van der Waals surface area contributed by atoms with Gasteiger partial charge in [0.05, 0.1) is 7.11 Å². The second-order valence-electron chi connectivity index (χ2n) is 3.02. The number of hydrogen-bond acceptors (Lipinski definition) is 2. The summed E-state index contributed by atoms with van der Waals surface area (Å²) in [5.74, 6) is 1.08. The van der Waals surface area contributed by atoms with Crippen LogP contribution in [-0.2, 0) is 4.79 Å². The van der Waals surface area contributed by atoms with E-state index in [-0.39, 0.29) is 5.92 Å². The fourth-order valence-corrected chi connectivity index (χ4v) is 1.18. The van der Waals surface area contributed by atoms with Crippen LogP contribution in [0.15, 0.2) is 24.3 Å². The van der Waals surface area contributed by atoms with Crippen LogP contribution < -0.4 is 4.74 Å². The first-order chi connectivity index (χ1) is 6.27. The molecule has 13 heavy (non-hydrogen) atoms. The Morgan fingerprint density at radius 1 is 1.38 bits per heavy atom. The highest BCUT2D eigenvalue weighted by Crippen LogP contribution is 2.20. The van der Waals surface area contributed by atoms with Crippen LogP contribution in [0.25, 0.3) is 0 Å². The average Bonchev–Trinajstić information content (AvgIpc) is 2.18. The lowest BCUT2D eigenvalue weighted by Gasteiger charge is -2.08. The van der Waals surface area contributed by atoms with Gasteiger partial charge in [0.1, 0.15) is 5.75 Å². The molecule has 0 fully saturated rings. The van der Waals surface area contributed by atoms with Crippen molar-refractivity contribution in [1.82, 2.24) is 0 Å². The lowest BCUT2D eigenvalue weighted by molar-refractivity contribution is 0.414. The molecule has 0 bridgehead atoms. The van der Waals surface area contributed by atoms with Gasteiger partial charge < -0.3 is 4.74 Å². The van der Waals surface area contributed by atoms with Crippen molar-refractivity contribution in [2.75, 3.05) is 7.11 Å². The van der Waals surface area contributed by atoms with E-state index in [1.54, 1.807) is 7.11 Å². The Morgan fingerprint density at radius 3 is 2.46 bits per heavy atom. The molecule has 0 spiro atoms. The van der Waals surface area contributed by atoms with Gasteiger partial charge in [-0.25, -0.2) is 0 Å². The van der Waals surface area contributed by atoms with Gasteiger partial charge in [0.2, 0.25) is 0 Å². The Hall–Kier alpha value is -1.31. The molecule has 1 rings (SSSR count). The van der Waals surface area contributed by atoms with Gasteiger partial charge in [-0.3, -0.25) is 4.79 Å². The maximum absolute atomic E-state index is 10.2. The van der Waals surface area contributed by atoms with E-state index in [1.807, 2.05) is 37.5 Å². The molecule has 0 N–H and O–H groups in total. The van der Waals surface area contributed by atoms with E-state index in [4.69, 9.17) is 4.74 Å². The fourth-order valence-electron chi connectivity index (χ4n) is 1.18. The molecule has 2 heteroatoms. The maximum atomic E-state index is 10.2. The third kappa shape index (κ3) is 2.58. The van der Waals surface area contributed by atoms with E-state index in [1.165, 1.54) is 0 Å². The summed E-state index contributed by atoms with van der Waals surface area (Å²) >= 11 is 0. The highest BCUT2D eigenvalue weighted by molar-refractivity contribution is 5.52. The minimum absolute atomic E-state index is 0.239. The standard InChI is InChI=1S/C11H13O2/c1-9(7-8-12)10-3-5-11(13-2)6-4-10/h3-6,9H,7H2,1-2H3. The molecule has 69 valence electrons. The molecule has 0 aliphatic heterocycles. The van der Waals surface area contributed by atoms with Crippen LogP contribution in [-0.4, -0.2) is 13.4 Å². The fraction of sp³-hybridized carbons (Fsp3) is 0.364. The van der Waals surface area contributed by atoms with Gasteiger partial charge >= 0.3 is 0 Å². The maximum Gasteiger partial charge on any atom is 0.199 e. The second-order valence-corrected chi connectivity index (χ2v) is 3.02. The Balaban J connectivity index is 2.73. The van der Waals surface area contributed by atoms with Crippen molar-refractivity contribution in [2.24, 2.45) is 0 Å². The van der Waals surface area contributed by atoms with Crippen LogP contribution in [0, 0.1) is 0 Å². The summed E-state index contributed by atoms with van der Waals surface area (Å²) in [4.78, 5) is 10.2. The van der Waals surface area contributed by atoms with Gasteiger partial charge in [0.25, 0.3) is 0 Å². The Bertz CT molecular complexity index is 264. The highest BCUT2D eigenvalue weighted by atomic mass is 16.5. The van der Waals surface area contributed by atoms with Crippen LogP contribution in [0.4, 0.5) is 0 Å². The largest absolute Gasteiger partial charge is 0.497 e. The number of ether oxygens (including phenoxy) is 1. The van der Waals surface area contributed by atoms with E-state index in [9.17, 15) is 4.79 Å². The summed E-state index contributed by atoms with van der Waals surface area (Å²) < 4.78 is 5.03. The molecule has 1 aromatic rings. The molecule has 0 aliphatic carbocycles. The van der Waals surface area contributed by atoms with Crippen molar-refractivity contribution < 1.29 is 9.53 Å². The Kier molecular flexibility index (Phi) is 3.50. The zero-order valence-corrected chi connectivity index (χ0v) is 7.91. The molecule has 1 radical (unpaired) electrons. The first kappa shape index (κ1) is 9.78. The van der Waals surface area contributed by atoms with E-state index < -0.39 is 0 Å². The van der Waals surface area contributed by atoms with Crippen LogP contribution in [0.3, 0.4) is 0 Å². The van der Waals surface area contributed by atoms with Crippen molar-refractivity contribution in [3.8, 4) is 5.75 Å². The van der Waals surface area contributed by atoms with Crippen LogP contribution in [0.5, 0.6) is 5.75 Å². The topological polar surface area (TPSA) is 26.3 Å². The molecule has 0 saturated carbocycles. The molecular formula is C11H13O2. The molecule has 1 unspecified atom stereocenters. The van der Waals surface area contributed by atoms with Gasteiger partial charge in [-0.05, 0) is 23.6 Å². The summed E-state index contributed by atoms with van der Waals surface area (Å²) in [6, 6.07) is 7.74. The first-order valence-electron chi connectivity index (χ1n) is 4.27. The third-order valence-electron chi connectivity index (χ3n) is 2.07. The van der Waals surface area contributed by atoms with Crippen molar-refractivity contribution >= 4 is 6.29 Å². The summed E-state index contributed by atoms with van der Waals surface area (Å²) in [5, 5.41) is 0. The number of carbonyl (C=O) groups excluding carboxylic acids is 1. The zero-order chi connectivity index (χ0) is 9.68. The van der Waals surface area contributed by atoms with E-state index in [2.05, 4.69) is 0 Å². The van der Waals surface area contributed by atoms with Gasteiger partial charge in [-0.2, -0.15) is 0 Å². The third-order valence-corrected chi connectivity index (χ3v) is 2.07. The summed E-state index contributed by atoms with van der Waals surface area (Å²) in [6.07, 6.45) is 2.36. The van der Waals surface area contributed by atoms with Crippen molar-refractivity contribution in [3.63, 3.8) is 0 Å². The van der Waals surface area contributed by atoms with Crippen molar-refractivity contribution in [1.29, 1.82) is 0 Å². The smallest absolute Gasteiger partial charge is 0.199 e. The Labute approximate surface area is 78.5 Å². The molecule has 1 atom stereocenters. The normalized spacial score (nSPS) is 12.2. The van der Waals surface area contributed by atoms with Gasteiger partial charge in [-0.15, -0.1) is 0 Å². The molecular weight excluding hydrogens is 164 g/mol. The van der Waals surface area contributed by atoms with Crippen LogP contribution >= 0.6 is 0 Å². The highest BCUT2D eigenvalue weighted by Gasteiger charge is 2.04. The Morgan fingerprint density at radius 2 is 2.00 bits per heavy atom. The lowest BCUT2D eigenvalue weighted by Crippen LogP contribution is -1.94. The SMILES string of the molecule is COc1ccc(C(C)C[C]=O)cc1. The van der Waals surface area contributed by atoms with Crippen LogP contribution in [0.1, 0.15) is 24.8 Å². The minimum atomic E-state index is 0.239. The quantitative estimate of drug-likeness (QED) is 0.705. The first-order valence-corrected chi connectivity index (χ1v) is 4.27. The molecule has 0 saturated heterocycles. The molecule has 2 nitrogen and oxygen atoms in total. The van der Waals surface area contributed by atoms with Gasteiger partial charge in [0.15, 0.2) is 6.29 Å². The molecule has 0 aliphatic rings. The lowest BCUT2D eigenvalue weighted by atomic mass is 9.99. The summed E-state index contributed by atoms with van der Waals surface area (Å²) in [7, 11) is 1.64. The second kappa shape index (κ2) is 4.65. The zero-order valence-electron chi connectivity index (χ0n) is 7.91. The molecule has 0 amide bonds. The van der Waals surface area contributed by atoms with Crippen molar-refractivity contribution in [2.45, 2.75) is 19.3 Å². The predicted octanol–water partition coefficient (Wildman–Crippen LogP) is 2.30. The van der Waals surface area contributed by atoms with Crippen LogP contribution in [0.2, 0.25) is 0 Å². The minimum Gasteiger partial charge on any atom is -0.497 e.